The SMILES string of the molecule is CCOc1ccc(C(C)NC(=O)Cn2ccccc2=O)cc1. The normalized spacial score (nSPS) is 11.7. The van der Waals surface area contributed by atoms with Crippen LogP contribution < -0.4 is 15.6 Å². The smallest absolute Gasteiger partial charge is 0.250 e. The quantitative estimate of drug-likeness (QED) is 0.889. The Bertz CT molecular complexity index is 677. The summed E-state index contributed by atoms with van der Waals surface area (Å²) in [5.74, 6) is 0.607. The van der Waals surface area contributed by atoms with Crippen LogP contribution in [0.4, 0.5) is 0 Å². The first-order chi connectivity index (χ1) is 10.6. The first-order valence-electron chi connectivity index (χ1n) is 7.27. The van der Waals surface area contributed by atoms with Gasteiger partial charge in [-0.2, -0.15) is 0 Å². The Hall–Kier alpha value is -2.56. The minimum absolute atomic E-state index is 0.0149. The molecule has 2 aromatic rings. The maximum absolute atomic E-state index is 12.0. The van der Waals surface area contributed by atoms with Gasteiger partial charge >= 0.3 is 0 Å². The van der Waals surface area contributed by atoms with Gasteiger partial charge in [0, 0.05) is 12.3 Å². The van der Waals surface area contributed by atoms with Crippen LogP contribution in [0.2, 0.25) is 0 Å². The fourth-order valence-electron chi connectivity index (χ4n) is 2.14. The molecule has 0 aliphatic heterocycles. The van der Waals surface area contributed by atoms with E-state index in [4.69, 9.17) is 4.74 Å². The third-order valence-electron chi connectivity index (χ3n) is 3.28. The van der Waals surface area contributed by atoms with Crippen LogP contribution >= 0.6 is 0 Å². The number of carbonyl (C=O) groups excluding carboxylic acids is 1. The summed E-state index contributed by atoms with van der Waals surface area (Å²) in [6.45, 7) is 4.47. The number of ether oxygens (including phenoxy) is 1. The molecule has 0 fully saturated rings. The molecule has 0 spiro atoms. The number of benzene rings is 1. The largest absolute Gasteiger partial charge is 0.494 e. The fraction of sp³-hybridized carbons (Fsp3) is 0.294. The average molecular weight is 300 g/mol. The van der Waals surface area contributed by atoms with E-state index in [-0.39, 0.29) is 24.1 Å². The van der Waals surface area contributed by atoms with E-state index >= 15 is 0 Å². The summed E-state index contributed by atoms with van der Waals surface area (Å²) >= 11 is 0. The van der Waals surface area contributed by atoms with Crippen molar-refractivity contribution in [2.24, 2.45) is 0 Å². The van der Waals surface area contributed by atoms with Crippen molar-refractivity contribution in [1.29, 1.82) is 0 Å². The van der Waals surface area contributed by atoms with Crippen molar-refractivity contribution in [2.75, 3.05) is 6.61 Å². The molecule has 5 heteroatoms. The van der Waals surface area contributed by atoms with E-state index in [1.807, 2.05) is 38.1 Å². The number of aromatic nitrogens is 1. The van der Waals surface area contributed by atoms with Gasteiger partial charge in [-0.3, -0.25) is 9.59 Å². The van der Waals surface area contributed by atoms with Gasteiger partial charge in [0.2, 0.25) is 5.91 Å². The zero-order valence-electron chi connectivity index (χ0n) is 12.8. The van der Waals surface area contributed by atoms with Crippen molar-refractivity contribution in [3.05, 3.63) is 64.6 Å². The Morgan fingerprint density at radius 3 is 2.59 bits per heavy atom. The van der Waals surface area contributed by atoms with E-state index in [2.05, 4.69) is 5.32 Å². The second-order valence-corrected chi connectivity index (χ2v) is 4.96. The van der Waals surface area contributed by atoms with Gasteiger partial charge in [-0.05, 0) is 37.6 Å². The minimum atomic E-state index is -0.199. The van der Waals surface area contributed by atoms with Gasteiger partial charge in [-0.15, -0.1) is 0 Å². The molecule has 116 valence electrons. The Kier molecular flexibility index (Phi) is 5.36. The predicted molar refractivity (Wildman–Crippen MR) is 84.9 cm³/mol. The topological polar surface area (TPSA) is 60.3 Å². The molecule has 1 N–H and O–H groups in total. The highest BCUT2D eigenvalue weighted by molar-refractivity contribution is 5.76. The van der Waals surface area contributed by atoms with Crippen LogP contribution in [0.1, 0.15) is 25.5 Å². The van der Waals surface area contributed by atoms with Gasteiger partial charge in [0.1, 0.15) is 12.3 Å². The van der Waals surface area contributed by atoms with Crippen LogP contribution in [0.5, 0.6) is 5.75 Å². The third kappa shape index (κ3) is 4.22. The molecular formula is C17H20N2O3. The molecule has 1 atom stereocenters. The maximum Gasteiger partial charge on any atom is 0.250 e. The highest BCUT2D eigenvalue weighted by atomic mass is 16.5. The molecule has 0 radical (unpaired) electrons. The Morgan fingerprint density at radius 2 is 1.95 bits per heavy atom. The highest BCUT2D eigenvalue weighted by Gasteiger charge is 2.10. The molecule has 0 saturated carbocycles. The van der Waals surface area contributed by atoms with Crippen LogP contribution in [0.3, 0.4) is 0 Å². The third-order valence-corrected chi connectivity index (χ3v) is 3.28. The Morgan fingerprint density at radius 1 is 1.23 bits per heavy atom. The predicted octanol–water partition coefficient (Wildman–Crippen LogP) is 2.12. The van der Waals surface area contributed by atoms with Crippen molar-refractivity contribution >= 4 is 5.91 Å². The Balaban J connectivity index is 1.96. The lowest BCUT2D eigenvalue weighted by molar-refractivity contribution is -0.122. The lowest BCUT2D eigenvalue weighted by Crippen LogP contribution is -2.33. The molecule has 0 saturated heterocycles. The fourth-order valence-corrected chi connectivity index (χ4v) is 2.14. The summed E-state index contributed by atoms with van der Waals surface area (Å²) < 4.78 is 6.76. The lowest BCUT2D eigenvalue weighted by atomic mass is 10.1. The number of hydrogen-bond donors (Lipinski definition) is 1. The average Bonchev–Trinajstić information content (AvgIpc) is 2.50. The van der Waals surface area contributed by atoms with Gasteiger partial charge in [0.25, 0.3) is 5.56 Å². The van der Waals surface area contributed by atoms with Gasteiger partial charge in [-0.1, -0.05) is 18.2 Å². The number of pyridine rings is 1. The summed E-state index contributed by atoms with van der Waals surface area (Å²) in [4.78, 5) is 23.6. The molecule has 0 aliphatic carbocycles. The van der Waals surface area contributed by atoms with E-state index in [0.717, 1.165) is 11.3 Å². The molecule has 1 aromatic carbocycles. The number of carbonyl (C=O) groups is 1. The molecule has 2 rings (SSSR count). The van der Waals surface area contributed by atoms with Crippen LogP contribution in [0.25, 0.3) is 0 Å². The number of rotatable bonds is 6. The summed E-state index contributed by atoms with van der Waals surface area (Å²) in [7, 11) is 0. The van der Waals surface area contributed by atoms with Crippen molar-refractivity contribution in [2.45, 2.75) is 26.4 Å². The Labute approximate surface area is 129 Å². The first-order valence-corrected chi connectivity index (χ1v) is 7.27. The van der Waals surface area contributed by atoms with Crippen molar-refractivity contribution in [3.63, 3.8) is 0 Å². The van der Waals surface area contributed by atoms with Crippen molar-refractivity contribution < 1.29 is 9.53 Å². The van der Waals surface area contributed by atoms with Crippen LogP contribution in [-0.4, -0.2) is 17.1 Å². The summed E-state index contributed by atoms with van der Waals surface area (Å²) in [5, 5.41) is 2.88. The second-order valence-electron chi connectivity index (χ2n) is 4.96. The molecule has 0 aliphatic rings. The summed E-state index contributed by atoms with van der Waals surface area (Å²) in [6, 6.07) is 12.3. The van der Waals surface area contributed by atoms with E-state index in [1.165, 1.54) is 10.6 Å². The molecular weight excluding hydrogens is 280 g/mol. The monoisotopic (exact) mass is 300 g/mol. The summed E-state index contributed by atoms with van der Waals surface area (Å²) in [5.41, 5.74) is 0.795. The number of amides is 1. The van der Waals surface area contributed by atoms with Gasteiger partial charge < -0.3 is 14.6 Å². The number of hydrogen-bond acceptors (Lipinski definition) is 3. The molecule has 1 heterocycles. The van der Waals surface area contributed by atoms with E-state index in [0.29, 0.717) is 6.61 Å². The van der Waals surface area contributed by atoms with E-state index in [1.54, 1.807) is 18.3 Å². The van der Waals surface area contributed by atoms with E-state index < -0.39 is 0 Å². The minimum Gasteiger partial charge on any atom is -0.494 e. The van der Waals surface area contributed by atoms with Crippen LogP contribution in [0, 0.1) is 0 Å². The zero-order chi connectivity index (χ0) is 15.9. The van der Waals surface area contributed by atoms with Gasteiger partial charge in [0.15, 0.2) is 0 Å². The highest BCUT2D eigenvalue weighted by Crippen LogP contribution is 2.17. The van der Waals surface area contributed by atoms with Crippen LogP contribution in [0.15, 0.2) is 53.5 Å². The standard InChI is InChI=1S/C17H20N2O3/c1-3-22-15-9-7-14(8-10-15)13(2)18-16(20)12-19-11-5-4-6-17(19)21/h4-11,13H,3,12H2,1-2H3,(H,18,20). The molecule has 5 nitrogen and oxygen atoms in total. The van der Waals surface area contributed by atoms with Gasteiger partial charge in [-0.25, -0.2) is 0 Å². The van der Waals surface area contributed by atoms with Crippen molar-refractivity contribution in [3.8, 4) is 5.75 Å². The zero-order valence-corrected chi connectivity index (χ0v) is 12.8. The molecule has 22 heavy (non-hydrogen) atoms. The first kappa shape index (κ1) is 15.8. The van der Waals surface area contributed by atoms with Crippen LogP contribution in [-0.2, 0) is 11.3 Å². The van der Waals surface area contributed by atoms with Gasteiger partial charge in [0.05, 0.1) is 12.6 Å². The summed E-state index contributed by atoms with van der Waals surface area (Å²) in [6.07, 6.45) is 1.60. The number of nitrogens with one attached hydrogen (secondary N) is 1. The van der Waals surface area contributed by atoms with Crippen molar-refractivity contribution in [1.82, 2.24) is 9.88 Å². The molecule has 0 bridgehead atoms. The molecule has 1 unspecified atom stereocenters. The second kappa shape index (κ2) is 7.45. The molecule has 1 amide bonds. The number of nitrogens with zero attached hydrogens (tertiary/aromatic N) is 1. The van der Waals surface area contributed by atoms with E-state index in [9.17, 15) is 9.59 Å². The molecule has 1 aromatic heterocycles. The lowest BCUT2D eigenvalue weighted by Gasteiger charge is -2.15. The maximum atomic E-state index is 12.0.